The number of carbonyl (C=O) groups is 1. The number of ether oxygens (including phenoxy) is 1. The molecule has 0 amide bonds. The quantitative estimate of drug-likeness (QED) is 0.438. The first-order chi connectivity index (χ1) is 15.3. The standard InChI is InChI=1S/C28H42O5/c1-15(2)16(3)7-8-17(4)19-13-20(30)21-22-23(31)24-28(33-24)14-18(29)9-10-26(28,6)27(22,32)12-11-25(19,21)5/h7-8,15-19,23-24,29,31-32H,9-14H2,1-6H3/b8-7+/t16-,17+,18-,19+,23-,24+,25+,26+,27+,28+/m0/s1. The van der Waals surface area contributed by atoms with Gasteiger partial charge in [0, 0.05) is 34.8 Å². The van der Waals surface area contributed by atoms with Crippen LogP contribution in [0.3, 0.4) is 0 Å². The average molecular weight is 459 g/mol. The lowest BCUT2D eigenvalue weighted by atomic mass is 9.45. The molecule has 0 radical (unpaired) electrons. The zero-order valence-electron chi connectivity index (χ0n) is 21.1. The van der Waals surface area contributed by atoms with Crippen LogP contribution in [0.4, 0.5) is 0 Å². The Morgan fingerprint density at radius 1 is 1.06 bits per heavy atom. The highest BCUT2D eigenvalue weighted by atomic mass is 16.6. The van der Waals surface area contributed by atoms with E-state index in [-0.39, 0.29) is 23.0 Å². The normalized spacial score (nSPS) is 50.7. The zero-order chi connectivity index (χ0) is 24.1. The molecule has 3 saturated carbocycles. The third-order valence-corrected chi connectivity index (χ3v) is 10.9. The summed E-state index contributed by atoms with van der Waals surface area (Å²) in [6, 6.07) is 0. The topological polar surface area (TPSA) is 90.3 Å². The third kappa shape index (κ3) is 2.89. The second-order valence-electron chi connectivity index (χ2n) is 12.7. The number of allylic oxidation sites excluding steroid dienone is 3. The molecule has 0 aromatic carbocycles. The van der Waals surface area contributed by atoms with E-state index in [9.17, 15) is 20.1 Å². The minimum atomic E-state index is -1.27. The molecule has 33 heavy (non-hydrogen) atoms. The van der Waals surface area contributed by atoms with Crippen LogP contribution >= 0.6 is 0 Å². The number of epoxide rings is 1. The number of aliphatic hydroxyl groups is 3. The molecule has 1 spiro atoms. The van der Waals surface area contributed by atoms with Crippen molar-refractivity contribution in [1.82, 2.24) is 0 Å². The van der Waals surface area contributed by atoms with Crippen molar-refractivity contribution in [2.24, 2.45) is 34.5 Å². The van der Waals surface area contributed by atoms with Crippen LogP contribution in [-0.4, -0.2) is 50.6 Å². The van der Waals surface area contributed by atoms with Gasteiger partial charge in [-0.15, -0.1) is 0 Å². The van der Waals surface area contributed by atoms with Crippen LogP contribution < -0.4 is 0 Å². The molecule has 1 saturated heterocycles. The van der Waals surface area contributed by atoms with Crippen molar-refractivity contribution in [1.29, 1.82) is 0 Å². The summed E-state index contributed by atoms with van der Waals surface area (Å²) >= 11 is 0. The number of hydrogen-bond acceptors (Lipinski definition) is 5. The molecule has 1 aliphatic heterocycles. The van der Waals surface area contributed by atoms with Gasteiger partial charge in [-0.25, -0.2) is 0 Å². The summed E-state index contributed by atoms with van der Waals surface area (Å²) in [5.41, 5.74) is -1.70. The molecule has 10 atom stereocenters. The number of carbonyl (C=O) groups excluding carboxylic acids is 1. The van der Waals surface area contributed by atoms with Gasteiger partial charge in [-0.05, 0) is 49.4 Å². The van der Waals surface area contributed by atoms with E-state index in [1.807, 2.05) is 0 Å². The van der Waals surface area contributed by atoms with E-state index in [0.29, 0.717) is 55.1 Å². The first-order valence-corrected chi connectivity index (χ1v) is 13.1. The fourth-order valence-electron chi connectivity index (χ4n) is 8.19. The van der Waals surface area contributed by atoms with E-state index in [1.165, 1.54) is 0 Å². The van der Waals surface area contributed by atoms with E-state index in [4.69, 9.17) is 4.74 Å². The Morgan fingerprint density at radius 3 is 2.42 bits per heavy atom. The minimum absolute atomic E-state index is 0.0828. The van der Waals surface area contributed by atoms with Crippen molar-refractivity contribution >= 4 is 5.78 Å². The van der Waals surface area contributed by atoms with Crippen molar-refractivity contribution in [2.45, 2.75) is 110 Å². The monoisotopic (exact) mass is 458 g/mol. The fourth-order valence-corrected chi connectivity index (χ4v) is 8.19. The number of rotatable bonds is 4. The summed E-state index contributed by atoms with van der Waals surface area (Å²) in [6.45, 7) is 13.1. The van der Waals surface area contributed by atoms with Crippen LogP contribution in [0.5, 0.6) is 0 Å². The smallest absolute Gasteiger partial charge is 0.159 e. The molecule has 4 aliphatic carbocycles. The lowest BCUT2D eigenvalue weighted by Gasteiger charge is -2.60. The van der Waals surface area contributed by atoms with Gasteiger partial charge in [0.05, 0.1) is 11.7 Å². The molecule has 5 nitrogen and oxygen atoms in total. The highest BCUT2D eigenvalue weighted by Gasteiger charge is 2.82. The first-order valence-electron chi connectivity index (χ1n) is 13.1. The molecule has 184 valence electrons. The lowest BCUT2D eigenvalue weighted by Crippen LogP contribution is -2.67. The summed E-state index contributed by atoms with van der Waals surface area (Å²) in [5, 5.41) is 34.1. The van der Waals surface area contributed by atoms with Crippen molar-refractivity contribution in [2.75, 3.05) is 0 Å². The molecular weight excluding hydrogens is 416 g/mol. The molecule has 5 rings (SSSR count). The van der Waals surface area contributed by atoms with E-state index < -0.39 is 34.9 Å². The van der Waals surface area contributed by atoms with E-state index in [2.05, 4.69) is 53.7 Å². The highest BCUT2D eigenvalue weighted by molar-refractivity contribution is 6.01. The van der Waals surface area contributed by atoms with Gasteiger partial charge in [0.2, 0.25) is 0 Å². The van der Waals surface area contributed by atoms with Crippen molar-refractivity contribution in [3.63, 3.8) is 0 Å². The Morgan fingerprint density at radius 2 is 1.76 bits per heavy atom. The van der Waals surface area contributed by atoms with Gasteiger partial charge < -0.3 is 20.1 Å². The maximum Gasteiger partial charge on any atom is 0.159 e. The van der Waals surface area contributed by atoms with Gasteiger partial charge in [-0.1, -0.05) is 53.7 Å². The number of aliphatic hydroxyl groups excluding tert-OH is 2. The maximum absolute atomic E-state index is 13.6. The maximum atomic E-state index is 13.6. The SMILES string of the molecule is CC(C)[C@@H](C)/C=C/[C@@H](C)[C@H]1CC(=O)C2=C3[C@H](O)[C@H]4O[C@]45C[C@@H](O)CC[C@]5(C)[C@@]3(O)CC[C@@]21C. The van der Waals surface area contributed by atoms with Crippen LogP contribution in [0, 0.1) is 34.5 Å². The molecule has 0 aromatic heterocycles. The average Bonchev–Trinajstić information content (AvgIpc) is 3.41. The van der Waals surface area contributed by atoms with Gasteiger partial charge in [0.25, 0.3) is 0 Å². The molecule has 0 aromatic rings. The summed E-state index contributed by atoms with van der Waals surface area (Å²) in [6.07, 6.45) is 6.05. The van der Waals surface area contributed by atoms with Gasteiger partial charge in [-0.2, -0.15) is 0 Å². The zero-order valence-corrected chi connectivity index (χ0v) is 21.1. The Labute approximate surface area is 198 Å². The van der Waals surface area contributed by atoms with Gasteiger partial charge in [0.1, 0.15) is 17.8 Å². The fraction of sp³-hybridized carbons (Fsp3) is 0.821. The van der Waals surface area contributed by atoms with Crippen molar-refractivity contribution in [3.05, 3.63) is 23.3 Å². The van der Waals surface area contributed by atoms with Gasteiger partial charge in [-0.3, -0.25) is 4.79 Å². The lowest BCUT2D eigenvalue weighted by molar-refractivity contribution is -0.156. The summed E-state index contributed by atoms with van der Waals surface area (Å²) in [4.78, 5) is 13.6. The van der Waals surface area contributed by atoms with Crippen molar-refractivity contribution < 1.29 is 24.9 Å². The van der Waals surface area contributed by atoms with E-state index in [0.717, 1.165) is 6.42 Å². The Bertz CT molecular complexity index is 921. The molecule has 1 heterocycles. The van der Waals surface area contributed by atoms with Gasteiger partial charge in [0.15, 0.2) is 5.78 Å². The van der Waals surface area contributed by atoms with Crippen molar-refractivity contribution in [3.8, 4) is 0 Å². The highest BCUT2D eigenvalue weighted by Crippen LogP contribution is 2.73. The van der Waals surface area contributed by atoms with Crippen LogP contribution in [0.2, 0.25) is 0 Å². The predicted octanol–water partition coefficient (Wildman–Crippen LogP) is 3.95. The first kappa shape index (κ1) is 23.7. The summed E-state index contributed by atoms with van der Waals surface area (Å²) < 4.78 is 6.16. The van der Waals surface area contributed by atoms with Crippen LogP contribution in [0.1, 0.15) is 80.1 Å². The molecule has 5 heteroatoms. The van der Waals surface area contributed by atoms with Crippen LogP contribution in [0.15, 0.2) is 23.3 Å². The molecule has 0 unspecified atom stereocenters. The second-order valence-corrected chi connectivity index (χ2v) is 12.7. The number of ketones is 1. The largest absolute Gasteiger partial charge is 0.393 e. The summed E-state index contributed by atoms with van der Waals surface area (Å²) in [5.74, 6) is 1.53. The number of fused-ring (bicyclic) bond motifs is 3. The predicted molar refractivity (Wildman–Crippen MR) is 126 cm³/mol. The third-order valence-electron chi connectivity index (χ3n) is 10.9. The molecule has 5 aliphatic rings. The molecule has 3 N–H and O–H groups in total. The Kier molecular flexibility index (Phi) is 5.21. The Hall–Kier alpha value is -1.01. The number of hydrogen-bond donors (Lipinski definition) is 3. The van der Waals surface area contributed by atoms with E-state index >= 15 is 0 Å². The summed E-state index contributed by atoms with van der Waals surface area (Å²) in [7, 11) is 0. The molecule has 4 fully saturated rings. The minimum Gasteiger partial charge on any atom is -0.393 e. The van der Waals surface area contributed by atoms with Gasteiger partial charge >= 0.3 is 0 Å². The van der Waals surface area contributed by atoms with Crippen LogP contribution in [-0.2, 0) is 9.53 Å². The Balaban J connectivity index is 1.56. The second kappa shape index (κ2) is 7.25. The van der Waals surface area contributed by atoms with Crippen LogP contribution in [0.25, 0.3) is 0 Å². The number of Topliss-reactive ketones (excluding diaryl/α,β-unsaturated/α-hetero) is 1. The molecule has 0 bridgehead atoms. The molecular formula is C28H42O5. The van der Waals surface area contributed by atoms with E-state index in [1.54, 1.807) is 0 Å².